The highest BCUT2D eigenvalue weighted by molar-refractivity contribution is 7.99. The van der Waals surface area contributed by atoms with E-state index in [-0.39, 0.29) is 5.91 Å². The molecule has 1 aliphatic heterocycles. The Morgan fingerprint density at radius 3 is 2.54 bits per heavy atom. The van der Waals surface area contributed by atoms with Crippen LogP contribution in [0.4, 0.5) is 11.4 Å². The number of anilines is 2. The molecule has 0 fully saturated rings. The lowest BCUT2D eigenvalue weighted by atomic mass is 10.2. The van der Waals surface area contributed by atoms with Gasteiger partial charge in [-0.3, -0.25) is 9.69 Å². The van der Waals surface area contributed by atoms with Gasteiger partial charge in [-0.1, -0.05) is 55.4 Å². The summed E-state index contributed by atoms with van der Waals surface area (Å²) in [5, 5.41) is 0.616. The molecule has 2 aromatic rings. The quantitative estimate of drug-likeness (QED) is 0.732. The molecule has 0 N–H and O–H groups in total. The molecule has 0 aromatic heterocycles. The average molecular weight is 361 g/mol. The van der Waals surface area contributed by atoms with E-state index in [1.165, 1.54) is 0 Å². The molecular formula is C19H21ClN2OS. The topological polar surface area (TPSA) is 23.6 Å². The molecule has 0 radical (unpaired) electrons. The first-order chi connectivity index (χ1) is 11.7. The van der Waals surface area contributed by atoms with Gasteiger partial charge in [0.1, 0.15) is 0 Å². The fraction of sp³-hybridized carbons (Fsp3) is 0.316. The fourth-order valence-electron chi connectivity index (χ4n) is 2.93. The highest BCUT2D eigenvalue weighted by Crippen LogP contribution is 2.50. The fourth-order valence-corrected chi connectivity index (χ4v) is 4.33. The molecule has 3 rings (SSSR count). The molecule has 24 heavy (non-hydrogen) atoms. The molecule has 1 aliphatic rings. The van der Waals surface area contributed by atoms with E-state index in [9.17, 15) is 4.79 Å². The first-order valence-electron chi connectivity index (χ1n) is 8.26. The predicted molar refractivity (Wildman–Crippen MR) is 102 cm³/mol. The van der Waals surface area contributed by atoms with E-state index >= 15 is 0 Å². The van der Waals surface area contributed by atoms with Crippen molar-refractivity contribution in [1.82, 2.24) is 4.90 Å². The summed E-state index contributed by atoms with van der Waals surface area (Å²) in [7, 11) is 0. The van der Waals surface area contributed by atoms with Gasteiger partial charge in [-0.2, -0.15) is 0 Å². The standard InChI is InChI=1S/C19H21ClN2OS/c1-3-21(4-2)13-12-18(23)22-15-9-5-6-10-16(15)24-17-11-7-8-14(20)19(17)22/h5-11H,3-4,12-13H2,1-2H3. The van der Waals surface area contributed by atoms with Crippen LogP contribution in [0.25, 0.3) is 0 Å². The van der Waals surface area contributed by atoms with Crippen molar-refractivity contribution in [3.8, 4) is 0 Å². The summed E-state index contributed by atoms with van der Waals surface area (Å²) in [6.45, 7) is 6.90. The number of halogens is 1. The minimum Gasteiger partial charge on any atom is -0.303 e. The Morgan fingerprint density at radius 1 is 1.08 bits per heavy atom. The zero-order chi connectivity index (χ0) is 17.1. The van der Waals surface area contributed by atoms with E-state index in [1.807, 2.05) is 36.4 Å². The first-order valence-corrected chi connectivity index (χ1v) is 9.45. The lowest BCUT2D eigenvalue weighted by Crippen LogP contribution is -2.33. The van der Waals surface area contributed by atoms with Gasteiger partial charge >= 0.3 is 0 Å². The Balaban J connectivity index is 1.96. The molecule has 0 saturated heterocycles. The van der Waals surface area contributed by atoms with Crippen molar-refractivity contribution in [3.05, 3.63) is 47.5 Å². The largest absolute Gasteiger partial charge is 0.303 e. The molecule has 0 saturated carbocycles. The average Bonchev–Trinajstić information content (AvgIpc) is 2.60. The van der Waals surface area contributed by atoms with Crippen LogP contribution in [0, 0.1) is 0 Å². The summed E-state index contributed by atoms with van der Waals surface area (Å²) in [5.41, 5.74) is 1.74. The zero-order valence-corrected chi connectivity index (χ0v) is 15.5. The molecule has 0 aliphatic carbocycles. The lowest BCUT2D eigenvalue weighted by Gasteiger charge is -2.32. The van der Waals surface area contributed by atoms with Gasteiger partial charge in [0.2, 0.25) is 5.91 Å². The Hall–Kier alpha value is -1.49. The van der Waals surface area contributed by atoms with Crippen molar-refractivity contribution in [2.45, 2.75) is 30.1 Å². The molecular weight excluding hydrogens is 340 g/mol. The molecule has 2 aromatic carbocycles. The maximum absolute atomic E-state index is 13.0. The van der Waals surface area contributed by atoms with Gasteiger partial charge in [-0.25, -0.2) is 0 Å². The Kier molecular flexibility index (Phi) is 5.49. The highest BCUT2D eigenvalue weighted by Gasteiger charge is 2.29. The first kappa shape index (κ1) is 17.3. The molecule has 1 heterocycles. The van der Waals surface area contributed by atoms with Crippen molar-refractivity contribution in [3.63, 3.8) is 0 Å². The van der Waals surface area contributed by atoms with Gasteiger partial charge in [0.15, 0.2) is 0 Å². The molecule has 0 atom stereocenters. The summed E-state index contributed by atoms with van der Waals surface area (Å²) >= 11 is 8.11. The third kappa shape index (κ3) is 3.32. The molecule has 3 nitrogen and oxygen atoms in total. The lowest BCUT2D eigenvalue weighted by molar-refractivity contribution is -0.118. The third-order valence-electron chi connectivity index (χ3n) is 4.29. The van der Waals surface area contributed by atoms with Crippen molar-refractivity contribution < 1.29 is 4.79 Å². The van der Waals surface area contributed by atoms with Crippen molar-refractivity contribution in [2.24, 2.45) is 0 Å². The Labute approximate surface area is 152 Å². The van der Waals surface area contributed by atoms with E-state index in [1.54, 1.807) is 16.7 Å². The molecule has 5 heteroatoms. The van der Waals surface area contributed by atoms with Crippen LogP contribution in [0.3, 0.4) is 0 Å². The van der Waals surface area contributed by atoms with Crippen LogP contribution in [0.1, 0.15) is 20.3 Å². The number of benzene rings is 2. The van der Waals surface area contributed by atoms with Gasteiger partial charge in [0.25, 0.3) is 0 Å². The molecule has 0 bridgehead atoms. The maximum atomic E-state index is 13.0. The van der Waals surface area contributed by atoms with Crippen molar-refractivity contribution >= 4 is 40.6 Å². The van der Waals surface area contributed by atoms with E-state index < -0.39 is 0 Å². The van der Waals surface area contributed by atoms with E-state index in [4.69, 9.17) is 11.6 Å². The normalized spacial score (nSPS) is 12.9. The third-order valence-corrected chi connectivity index (χ3v) is 5.70. The van der Waals surface area contributed by atoms with Crippen LogP contribution < -0.4 is 4.90 Å². The van der Waals surface area contributed by atoms with Gasteiger partial charge in [0.05, 0.1) is 16.4 Å². The molecule has 0 spiro atoms. The van der Waals surface area contributed by atoms with E-state index in [0.29, 0.717) is 11.4 Å². The van der Waals surface area contributed by atoms with Crippen molar-refractivity contribution in [1.29, 1.82) is 0 Å². The van der Waals surface area contributed by atoms with Gasteiger partial charge in [0, 0.05) is 22.8 Å². The second kappa shape index (κ2) is 7.60. The van der Waals surface area contributed by atoms with Crippen LogP contribution in [0.5, 0.6) is 0 Å². The highest BCUT2D eigenvalue weighted by atomic mass is 35.5. The summed E-state index contributed by atoms with van der Waals surface area (Å²) in [6, 6.07) is 13.8. The number of hydrogen-bond acceptors (Lipinski definition) is 3. The van der Waals surface area contributed by atoms with Crippen molar-refractivity contribution in [2.75, 3.05) is 24.5 Å². The van der Waals surface area contributed by atoms with Crippen LogP contribution in [-0.4, -0.2) is 30.4 Å². The number of carbonyl (C=O) groups is 1. The SMILES string of the molecule is CCN(CC)CCC(=O)N1c2ccccc2Sc2cccc(Cl)c21. The number of para-hydroxylation sites is 2. The summed E-state index contributed by atoms with van der Waals surface area (Å²) in [5.74, 6) is 0.0870. The minimum atomic E-state index is 0.0870. The monoisotopic (exact) mass is 360 g/mol. The number of nitrogens with zero attached hydrogens (tertiary/aromatic N) is 2. The zero-order valence-electron chi connectivity index (χ0n) is 14.0. The molecule has 126 valence electrons. The van der Waals surface area contributed by atoms with Crippen LogP contribution in [-0.2, 0) is 4.79 Å². The van der Waals surface area contributed by atoms with Gasteiger partial charge < -0.3 is 4.90 Å². The summed E-state index contributed by atoms with van der Waals surface area (Å²) in [4.78, 5) is 19.2. The number of carbonyl (C=O) groups excluding carboxylic acids is 1. The second-order valence-corrected chi connectivity index (χ2v) is 7.15. The molecule has 1 amide bonds. The number of hydrogen-bond donors (Lipinski definition) is 0. The summed E-state index contributed by atoms with van der Waals surface area (Å²) in [6.07, 6.45) is 0.478. The smallest absolute Gasteiger partial charge is 0.232 e. The van der Waals surface area contributed by atoms with E-state index in [0.717, 1.165) is 40.8 Å². The summed E-state index contributed by atoms with van der Waals surface area (Å²) < 4.78 is 0. The van der Waals surface area contributed by atoms with Gasteiger partial charge in [-0.15, -0.1) is 0 Å². The van der Waals surface area contributed by atoms with Crippen LogP contribution in [0.15, 0.2) is 52.3 Å². The maximum Gasteiger partial charge on any atom is 0.232 e. The van der Waals surface area contributed by atoms with Crippen LogP contribution in [0.2, 0.25) is 5.02 Å². The Morgan fingerprint density at radius 2 is 1.79 bits per heavy atom. The number of amides is 1. The Bertz CT molecular complexity index is 746. The van der Waals surface area contributed by atoms with Crippen LogP contribution >= 0.6 is 23.4 Å². The van der Waals surface area contributed by atoms with Gasteiger partial charge in [-0.05, 0) is 37.4 Å². The minimum absolute atomic E-state index is 0.0870. The number of rotatable bonds is 5. The van der Waals surface area contributed by atoms with E-state index in [2.05, 4.69) is 24.8 Å². The predicted octanol–water partition coefficient (Wildman–Crippen LogP) is 5.20. The second-order valence-electron chi connectivity index (χ2n) is 5.66. The number of fused-ring (bicyclic) bond motifs is 2. The molecule has 0 unspecified atom stereocenters.